The lowest BCUT2D eigenvalue weighted by Gasteiger charge is -2.25. The first-order chi connectivity index (χ1) is 12.2. The molecule has 1 aliphatic heterocycles. The van der Waals surface area contributed by atoms with E-state index in [4.69, 9.17) is 14.2 Å². The molecule has 1 N–H and O–H groups in total. The quantitative estimate of drug-likeness (QED) is 0.877. The molecule has 25 heavy (non-hydrogen) atoms. The van der Waals surface area contributed by atoms with Crippen LogP contribution in [0, 0.1) is 5.92 Å². The van der Waals surface area contributed by atoms with Crippen LogP contribution < -0.4 is 19.5 Å². The van der Waals surface area contributed by atoms with E-state index in [9.17, 15) is 4.79 Å². The molecule has 0 saturated heterocycles. The Morgan fingerprint density at radius 3 is 2.88 bits per heavy atom. The maximum atomic E-state index is 12.4. The fourth-order valence-electron chi connectivity index (χ4n) is 2.95. The molecule has 1 amide bonds. The molecule has 0 saturated carbocycles. The monoisotopic (exact) mass is 341 g/mol. The molecule has 2 aromatic carbocycles. The van der Waals surface area contributed by atoms with Crippen LogP contribution in [0.25, 0.3) is 0 Å². The van der Waals surface area contributed by atoms with E-state index in [1.165, 1.54) is 5.56 Å². The minimum Gasteiger partial charge on any atom is -0.493 e. The van der Waals surface area contributed by atoms with Crippen molar-refractivity contribution in [3.8, 4) is 17.2 Å². The highest BCUT2D eigenvalue weighted by Crippen LogP contribution is 2.28. The second kappa shape index (κ2) is 7.92. The van der Waals surface area contributed by atoms with Gasteiger partial charge in [-0.3, -0.25) is 4.79 Å². The van der Waals surface area contributed by atoms with Crippen LogP contribution in [0.4, 0.5) is 0 Å². The van der Waals surface area contributed by atoms with Crippen molar-refractivity contribution in [2.24, 2.45) is 5.92 Å². The zero-order valence-electron chi connectivity index (χ0n) is 14.6. The van der Waals surface area contributed by atoms with Crippen LogP contribution in [0.1, 0.15) is 22.8 Å². The summed E-state index contributed by atoms with van der Waals surface area (Å²) in [6.07, 6.45) is 0.906. The highest BCUT2D eigenvalue weighted by atomic mass is 16.5. The van der Waals surface area contributed by atoms with Crippen molar-refractivity contribution in [3.05, 3.63) is 53.6 Å². The molecule has 1 atom stereocenters. The Bertz CT molecular complexity index is 744. The molecular weight excluding hydrogens is 318 g/mol. The minimum absolute atomic E-state index is 0.123. The maximum Gasteiger partial charge on any atom is 0.251 e. The number of hydrogen-bond acceptors (Lipinski definition) is 4. The van der Waals surface area contributed by atoms with Gasteiger partial charge in [0.1, 0.15) is 5.75 Å². The van der Waals surface area contributed by atoms with Crippen LogP contribution >= 0.6 is 0 Å². The third-order valence-corrected chi connectivity index (χ3v) is 4.23. The van der Waals surface area contributed by atoms with Crippen LogP contribution in [0.15, 0.2) is 42.5 Å². The van der Waals surface area contributed by atoms with Gasteiger partial charge >= 0.3 is 0 Å². The summed E-state index contributed by atoms with van der Waals surface area (Å²) in [4.78, 5) is 12.4. The first kappa shape index (κ1) is 17.1. The largest absolute Gasteiger partial charge is 0.493 e. The average Bonchev–Trinajstić information content (AvgIpc) is 2.66. The molecule has 1 heterocycles. The van der Waals surface area contributed by atoms with E-state index in [1.54, 1.807) is 25.3 Å². The number of amides is 1. The van der Waals surface area contributed by atoms with Gasteiger partial charge in [-0.15, -0.1) is 0 Å². The number of hydrogen-bond donors (Lipinski definition) is 1. The number of carbonyl (C=O) groups excluding carboxylic acids is 1. The Labute approximate surface area is 147 Å². The number of carbonyl (C=O) groups is 1. The molecule has 0 radical (unpaired) electrons. The molecule has 3 rings (SSSR count). The van der Waals surface area contributed by atoms with Gasteiger partial charge in [-0.2, -0.15) is 0 Å². The van der Waals surface area contributed by atoms with Crippen molar-refractivity contribution in [3.63, 3.8) is 0 Å². The predicted molar refractivity (Wildman–Crippen MR) is 95.6 cm³/mol. The minimum atomic E-state index is -0.123. The SMILES string of the molecule is CCOc1cc(C(=O)NCC2COc3ccccc3C2)ccc1OC. The summed E-state index contributed by atoms with van der Waals surface area (Å²) in [6, 6.07) is 13.2. The van der Waals surface area contributed by atoms with Gasteiger partial charge in [0.2, 0.25) is 0 Å². The zero-order chi connectivity index (χ0) is 17.6. The molecule has 132 valence electrons. The average molecular weight is 341 g/mol. The molecule has 0 bridgehead atoms. The van der Waals surface area contributed by atoms with Crippen molar-refractivity contribution in [1.29, 1.82) is 0 Å². The van der Waals surface area contributed by atoms with Crippen molar-refractivity contribution in [2.45, 2.75) is 13.3 Å². The molecule has 1 aliphatic rings. The van der Waals surface area contributed by atoms with E-state index in [-0.39, 0.29) is 11.8 Å². The van der Waals surface area contributed by atoms with Crippen molar-refractivity contribution in [1.82, 2.24) is 5.32 Å². The van der Waals surface area contributed by atoms with Gasteiger partial charge in [0.25, 0.3) is 5.91 Å². The number of methoxy groups -OCH3 is 1. The smallest absolute Gasteiger partial charge is 0.251 e. The summed E-state index contributed by atoms with van der Waals surface area (Å²) in [5, 5.41) is 2.99. The molecule has 0 fully saturated rings. The lowest BCUT2D eigenvalue weighted by molar-refractivity contribution is 0.0938. The Kier molecular flexibility index (Phi) is 5.43. The number of para-hydroxylation sites is 1. The number of nitrogens with one attached hydrogen (secondary N) is 1. The highest BCUT2D eigenvalue weighted by Gasteiger charge is 2.20. The summed E-state index contributed by atoms with van der Waals surface area (Å²) < 4.78 is 16.5. The highest BCUT2D eigenvalue weighted by molar-refractivity contribution is 5.94. The van der Waals surface area contributed by atoms with Crippen LogP contribution in [0.3, 0.4) is 0 Å². The first-order valence-corrected chi connectivity index (χ1v) is 8.51. The van der Waals surface area contributed by atoms with Gasteiger partial charge < -0.3 is 19.5 Å². The Morgan fingerprint density at radius 2 is 2.08 bits per heavy atom. The summed E-state index contributed by atoms with van der Waals surface area (Å²) in [5.74, 6) is 2.29. The zero-order valence-corrected chi connectivity index (χ0v) is 14.6. The fraction of sp³-hybridized carbons (Fsp3) is 0.350. The summed E-state index contributed by atoms with van der Waals surface area (Å²) in [7, 11) is 1.58. The molecule has 0 spiro atoms. The Balaban J connectivity index is 1.60. The van der Waals surface area contributed by atoms with Crippen molar-refractivity contribution < 1.29 is 19.0 Å². The number of fused-ring (bicyclic) bond motifs is 1. The third kappa shape index (κ3) is 4.05. The van der Waals surface area contributed by atoms with Crippen LogP contribution in [-0.4, -0.2) is 32.8 Å². The lowest BCUT2D eigenvalue weighted by atomic mass is 9.96. The standard InChI is InChI=1S/C20H23NO4/c1-3-24-19-11-16(8-9-18(19)23-2)20(22)21-12-14-10-15-6-4-5-7-17(15)25-13-14/h4-9,11,14H,3,10,12-13H2,1-2H3,(H,21,22). The second-order valence-electron chi connectivity index (χ2n) is 6.00. The predicted octanol–water partition coefficient (Wildman–Crippen LogP) is 3.08. The molecule has 1 unspecified atom stereocenters. The molecule has 0 aliphatic carbocycles. The summed E-state index contributed by atoms with van der Waals surface area (Å²) in [6.45, 7) is 3.60. The van der Waals surface area contributed by atoms with Crippen LogP contribution in [-0.2, 0) is 6.42 Å². The molecule has 0 aromatic heterocycles. The molecule has 5 nitrogen and oxygen atoms in total. The number of rotatable bonds is 6. The van der Waals surface area contributed by atoms with Crippen molar-refractivity contribution >= 4 is 5.91 Å². The molecular formula is C20H23NO4. The van der Waals surface area contributed by atoms with E-state index < -0.39 is 0 Å². The van der Waals surface area contributed by atoms with Crippen LogP contribution in [0.5, 0.6) is 17.2 Å². The van der Waals surface area contributed by atoms with Crippen LogP contribution in [0.2, 0.25) is 0 Å². The topological polar surface area (TPSA) is 56.8 Å². The first-order valence-electron chi connectivity index (χ1n) is 8.51. The molecule has 2 aromatic rings. The van der Waals surface area contributed by atoms with E-state index in [0.717, 1.165) is 12.2 Å². The van der Waals surface area contributed by atoms with Crippen molar-refractivity contribution in [2.75, 3.05) is 26.9 Å². The fourth-order valence-corrected chi connectivity index (χ4v) is 2.95. The van der Waals surface area contributed by atoms with E-state index in [2.05, 4.69) is 11.4 Å². The molecule has 5 heteroatoms. The van der Waals surface area contributed by atoms with Gasteiger partial charge in [0.05, 0.1) is 20.3 Å². The number of benzene rings is 2. The van der Waals surface area contributed by atoms with Gasteiger partial charge in [-0.25, -0.2) is 0 Å². The Morgan fingerprint density at radius 1 is 1.24 bits per heavy atom. The summed E-state index contributed by atoms with van der Waals surface area (Å²) >= 11 is 0. The van der Waals surface area contributed by atoms with Gasteiger partial charge in [0.15, 0.2) is 11.5 Å². The normalized spacial score (nSPS) is 15.7. The van der Waals surface area contributed by atoms with Gasteiger partial charge in [-0.1, -0.05) is 18.2 Å². The third-order valence-electron chi connectivity index (χ3n) is 4.23. The van der Waals surface area contributed by atoms with E-state index in [0.29, 0.717) is 36.8 Å². The van der Waals surface area contributed by atoms with Gasteiger partial charge in [-0.05, 0) is 43.2 Å². The second-order valence-corrected chi connectivity index (χ2v) is 6.00. The Hall–Kier alpha value is -2.69. The van der Waals surface area contributed by atoms with Gasteiger partial charge in [0, 0.05) is 18.0 Å². The lowest BCUT2D eigenvalue weighted by Crippen LogP contribution is -2.34. The maximum absolute atomic E-state index is 12.4. The number of ether oxygens (including phenoxy) is 3. The van der Waals surface area contributed by atoms with E-state index >= 15 is 0 Å². The van der Waals surface area contributed by atoms with E-state index in [1.807, 2.05) is 25.1 Å². The summed E-state index contributed by atoms with van der Waals surface area (Å²) in [5.41, 5.74) is 1.75.